The summed E-state index contributed by atoms with van der Waals surface area (Å²) in [5.41, 5.74) is 0.193. The van der Waals surface area contributed by atoms with E-state index in [0.717, 1.165) is 0 Å². The lowest BCUT2D eigenvalue weighted by molar-refractivity contribution is -0.0195. The highest BCUT2D eigenvalue weighted by Crippen LogP contribution is 2.18. The first-order valence-electron chi connectivity index (χ1n) is 3.89. The SMILES string of the molecule is O=C(c1ccc(O)c(CO)c1)C(O)O. The first-order valence-corrected chi connectivity index (χ1v) is 3.89. The van der Waals surface area contributed by atoms with Gasteiger partial charge in [-0.15, -0.1) is 0 Å². The molecule has 1 aromatic rings. The molecule has 0 saturated heterocycles. The van der Waals surface area contributed by atoms with Gasteiger partial charge in [-0.3, -0.25) is 4.79 Å². The summed E-state index contributed by atoms with van der Waals surface area (Å²) < 4.78 is 0. The Labute approximate surface area is 79.9 Å². The van der Waals surface area contributed by atoms with E-state index in [1.165, 1.54) is 18.2 Å². The van der Waals surface area contributed by atoms with Crippen LogP contribution in [0.4, 0.5) is 0 Å². The maximum atomic E-state index is 11.1. The van der Waals surface area contributed by atoms with Crippen LogP contribution in [0.2, 0.25) is 0 Å². The highest BCUT2D eigenvalue weighted by Gasteiger charge is 2.15. The summed E-state index contributed by atoms with van der Waals surface area (Å²) in [6, 6.07) is 3.66. The van der Waals surface area contributed by atoms with Gasteiger partial charge in [-0.25, -0.2) is 0 Å². The van der Waals surface area contributed by atoms with E-state index in [1.54, 1.807) is 0 Å². The lowest BCUT2D eigenvalue weighted by Crippen LogP contribution is -2.19. The second-order valence-corrected chi connectivity index (χ2v) is 2.74. The molecule has 0 amide bonds. The molecule has 0 aliphatic rings. The Morgan fingerprint density at radius 2 is 2.00 bits per heavy atom. The topological polar surface area (TPSA) is 98.0 Å². The van der Waals surface area contributed by atoms with Crippen molar-refractivity contribution in [2.45, 2.75) is 12.9 Å². The maximum Gasteiger partial charge on any atom is 0.218 e. The van der Waals surface area contributed by atoms with Crippen LogP contribution in [-0.4, -0.2) is 32.5 Å². The zero-order valence-electron chi connectivity index (χ0n) is 7.21. The van der Waals surface area contributed by atoms with Crippen LogP contribution in [0.25, 0.3) is 0 Å². The molecule has 1 rings (SSSR count). The molecule has 0 radical (unpaired) electrons. The van der Waals surface area contributed by atoms with E-state index in [9.17, 15) is 4.79 Å². The molecular weight excluding hydrogens is 188 g/mol. The summed E-state index contributed by atoms with van der Waals surface area (Å²) in [5, 5.41) is 35.1. The first kappa shape index (κ1) is 10.6. The van der Waals surface area contributed by atoms with Crippen LogP contribution in [0.5, 0.6) is 5.75 Å². The van der Waals surface area contributed by atoms with Crippen LogP contribution in [0.1, 0.15) is 15.9 Å². The molecule has 0 saturated carbocycles. The Morgan fingerprint density at radius 1 is 1.36 bits per heavy atom. The number of aromatic hydroxyl groups is 1. The Bertz CT molecular complexity index is 345. The van der Waals surface area contributed by atoms with E-state index < -0.39 is 18.7 Å². The molecule has 0 unspecified atom stereocenters. The van der Waals surface area contributed by atoms with Crippen LogP contribution < -0.4 is 0 Å². The van der Waals surface area contributed by atoms with Gasteiger partial charge in [-0.1, -0.05) is 0 Å². The van der Waals surface area contributed by atoms with Gasteiger partial charge in [-0.2, -0.15) is 0 Å². The molecule has 0 aromatic heterocycles. The molecule has 14 heavy (non-hydrogen) atoms. The van der Waals surface area contributed by atoms with Gasteiger partial charge in [-0.05, 0) is 18.2 Å². The minimum atomic E-state index is -2.08. The maximum absolute atomic E-state index is 11.1. The van der Waals surface area contributed by atoms with E-state index >= 15 is 0 Å². The number of benzene rings is 1. The number of aliphatic hydroxyl groups excluding tert-OH is 2. The predicted molar refractivity (Wildman–Crippen MR) is 46.6 cm³/mol. The molecule has 1 aromatic carbocycles. The molecule has 5 nitrogen and oxygen atoms in total. The van der Waals surface area contributed by atoms with Crippen molar-refractivity contribution >= 4 is 5.78 Å². The lowest BCUT2D eigenvalue weighted by Gasteiger charge is -2.05. The minimum absolute atomic E-state index is 0.0295. The average Bonchev–Trinajstić information content (AvgIpc) is 2.17. The Balaban J connectivity index is 3.06. The number of aliphatic hydroxyl groups is 3. The molecule has 4 N–H and O–H groups in total. The van der Waals surface area contributed by atoms with Crippen LogP contribution in [0, 0.1) is 0 Å². The zero-order valence-corrected chi connectivity index (χ0v) is 7.21. The van der Waals surface area contributed by atoms with Crippen molar-refractivity contribution in [2.24, 2.45) is 0 Å². The van der Waals surface area contributed by atoms with Gasteiger partial charge in [0.15, 0.2) is 0 Å². The van der Waals surface area contributed by atoms with E-state index in [-0.39, 0.29) is 16.9 Å². The summed E-state index contributed by atoms with van der Waals surface area (Å²) in [6.45, 7) is -0.422. The average molecular weight is 198 g/mol. The van der Waals surface area contributed by atoms with Crippen molar-refractivity contribution < 1.29 is 25.2 Å². The molecule has 0 atom stereocenters. The molecule has 0 aliphatic carbocycles. The number of carbonyl (C=O) groups excluding carboxylic acids is 1. The minimum Gasteiger partial charge on any atom is -0.508 e. The summed E-state index contributed by atoms with van der Waals surface area (Å²) >= 11 is 0. The number of carbonyl (C=O) groups is 1. The highest BCUT2D eigenvalue weighted by molar-refractivity contribution is 5.98. The molecule has 0 fully saturated rings. The Kier molecular flexibility index (Phi) is 3.19. The Hall–Kier alpha value is -1.43. The van der Waals surface area contributed by atoms with Crippen LogP contribution in [0.15, 0.2) is 18.2 Å². The summed E-state index contributed by atoms with van der Waals surface area (Å²) in [4.78, 5) is 11.1. The fraction of sp³-hybridized carbons (Fsp3) is 0.222. The first-order chi connectivity index (χ1) is 6.56. The van der Waals surface area contributed by atoms with Crippen molar-refractivity contribution in [1.29, 1.82) is 0 Å². The summed E-state index contributed by atoms with van der Waals surface area (Å²) in [7, 11) is 0. The monoisotopic (exact) mass is 198 g/mol. The van der Waals surface area contributed by atoms with E-state index in [2.05, 4.69) is 0 Å². The number of Topliss-reactive ketones (excluding diaryl/α,β-unsaturated/α-hetero) is 1. The van der Waals surface area contributed by atoms with Crippen molar-refractivity contribution in [3.63, 3.8) is 0 Å². The number of phenols is 1. The van der Waals surface area contributed by atoms with Crippen LogP contribution in [0.3, 0.4) is 0 Å². The molecule has 0 heterocycles. The van der Waals surface area contributed by atoms with E-state index in [1.807, 2.05) is 0 Å². The van der Waals surface area contributed by atoms with Gasteiger partial charge in [0.25, 0.3) is 0 Å². The van der Waals surface area contributed by atoms with Crippen molar-refractivity contribution in [3.8, 4) is 5.75 Å². The molecule has 5 heteroatoms. The second kappa shape index (κ2) is 4.19. The zero-order chi connectivity index (χ0) is 10.7. The van der Waals surface area contributed by atoms with Gasteiger partial charge in [0.1, 0.15) is 5.75 Å². The third-order valence-corrected chi connectivity index (χ3v) is 1.77. The van der Waals surface area contributed by atoms with Crippen molar-refractivity contribution in [2.75, 3.05) is 0 Å². The molecular formula is C9H10O5. The molecule has 0 aliphatic heterocycles. The second-order valence-electron chi connectivity index (χ2n) is 2.74. The number of hydrogen-bond acceptors (Lipinski definition) is 5. The van der Waals surface area contributed by atoms with E-state index in [4.69, 9.17) is 20.4 Å². The molecule has 0 spiro atoms. The van der Waals surface area contributed by atoms with Gasteiger partial charge >= 0.3 is 0 Å². The number of hydrogen-bond donors (Lipinski definition) is 4. The fourth-order valence-corrected chi connectivity index (χ4v) is 1.01. The van der Waals surface area contributed by atoms with Gasteiger partial charge in [0, 0.05) is 11.1 Å². The summed E-state index contributed by atoms with van der Waals surface area (Å²) in [5.74, 6) is -1.02. The third-order valence-electron chi connectivity index (χ3n) is 1.77. The predicted octanol–water partition coefficient (Wildman–Crippen LogP) is -0.622. The number of ketones is 1. The largest absolute Gasteiger partial charge is 0.508 e. The quantitative estimate of drug-likeness (QED) is 0.383. The number of rotatable bonds is 3. The fourth-order valence-electron chi connectivity index (χ4n) is 1.01. The normalized spacial score (nSPS) is 10.6. The standard InChI is InChI=1S/C9H10O5/c10-4-6-3-5(1-2-7(6)11)8(12)9(13)14/h1-3,9-11,13-14H,4H2. The highest BCUT2D eigenvalue weighted by atomic mass is 16.5. The van der Waals surface area contributed by atoms with E-state index in [0.29, 0.717) is 0 Å². The molecule has 76 valence electrons. The van der Waals surface area contributed by atoms with Gasteiger partial charge in [0.05, 0.1) is 6.61 Å². The molecule has 0 bridgehead atoms. The lowest BCUT2D eigenvalue weighted by atomic mass is 10.1. The van der Waals surface area contributed by atoms with Gasteiger partial charge < -0.3 is 20.4 Å². The van der Waals surface area contributed by atoms with Crippen molar-refractivity contribution in [1.82, 2.24) is 0 Å². The third kappa shape index (κ3) is 2.08. The van der Waals surface area contributed by atoms with Crippen LogP contribution in [-0.2, 0) is 6.61 Å². The van der Waals surface area contributed by atoms with Crippen molar-refractivity contribution in [3.05, 3.63) is 29.3 Å². The summed E-state index contributed by atoms with van der Waals surface area (Å²) in [6.07, 6.45) is -2.08. The van der Waals surface area contributed by atoms with Gasteiger partial charge in [0.2, 0.25) is 12.1 Å². The smallest absolute Gasteiger partial charge is 0.218 e. The Morgan fingerprint density at radius 3 is 2.50 bits per heavy atom. The van der Waals surface area contributed by atoms with Crippen LogP contribution >= 0.6 is 0 Å².